The van der Waals surface area contributed by atoms with Crippen LogP contribution in [-0.2, 0) is 18.4 Å². The zero-order valence-corrected chi connectivity index (χ0v) is 13.4. The fourth-order valence-corrected chi connectivity index (χ4v) is 2.75. The fourth-order valence-electron chi connectivity index (χ4n) is 2.75. The highest BCUT2D eigenvalue weighted by molar-refractivity contribution is 5.31. The number of anilines is 1. The maximum atomic E-state index is 13.6. The second-order valence-corrected chi connectivity index (χ2v) is 5.62. The monoisotopic (exact) mass is 320 g/mol. The Morgan fingerprint density at radius 1 is 1.22 bits per heavy atom. The van der Waals surface area contributed by atoms with Gasteiger partial charge in [-0.1, -0.05) is 12.1 Å². The van der Waals surface area contributed by atoms with Crippen LogP contribution in [0, 0.1) is 5.82 Å². The summed E-state index contributed by atoms with van der Waals surface area (Å²) in [6.07, 6.45) is 2.28. The minimum absolute atomic E-state index is 0.180. The molecule has 124 valence electrons. The molecular weight excluding hydrogens is 299 g/mol. The van der Waals surface area contributed by atoms with Crippen LogP contribution < -0.4 is 9.64 Å². The van der Waals surface area contributed by atoms with Crippen LogP contribution >= 0.6 is 0 Å². The molecule has 3 rings (SSSR count). The second-order valence-electron chi connectivity index (χ2n) is 5.62. The molecule has 1 aliphatic rings. The van der Waals surface area contributed by atoms with E-state index in [0.717, 1.165) is 31.9 Å². The predicted octanol–water partition coefficient (Wildman–Crippen LogP) is 2.15. The molecule has 6 nitrogen and oxygen atoms in total. The van der Waals surface area contributed by atoms with Crippen LogP contribution in [0.4, 0.5) is 10.3 Å². The van der Waals surface area contributed by atoms with Gasteiger partial charge in [-0.05, 0) is 25.0 Å². The molecule has 0 unspecified atom stereocenters. The molecule has 0 N–H and O–H groups in total. The number of piperidine rings is 1. The Balaban J connectivity index is 1.64. The van der Waals surface area contributed by atoms with E-state index in [1.54, 1.807) is 25.3 Å². The molecule has 2 aromatic rings. The van der Waals surface area contributed by atoms with Crippen molar-refractivity contribution in [3.63, 3.8) is 0 Å². The summed E-state index contributed by atoms with van der Waals surface area (Å²) in [7, 11) is 3.65. The third kappa shape index (κ3) is 3.44. The molecule has 0 spiro atoms. The smallest absolute Gasteiger partial charge is 0.227 e. The molecule has 1 aromatic heterocycles. The number of aromatic nitrogens is 3. The van der Waals surface area contributed by atoms with E-state index in [9.17, 15) is 4.39 Å². The molecule has 1 aromatic carbocycles. The maximum absolute atomic E-state index is 13.6. The average Bonchev–Trinajstić information content (AvgIpc) is 2.95. The van der Waals surface area contributed by atoms with Crippen LogP contribution in [0.5, 0.6) is 5.75 Å². The van der Waals surface area contributed by atoms with Gasteiger partial charge in [-0.15, -0.1) is 10.2 Å². The van der Waals surface area contributed by atoms with Gasteiger partial charge in [0.05, 0.1) is 6.10 Å². The zero-order chi connectivity index (χ0) is 16.2. The lowest BCUT2D eigenvalue weighted by atomic mass is 10.1. The van der Waals surface area contributed by atoms with Crippen molar-refractivity contribution >= 4 is 5.95 Å². The number of ether oxygens (including phenoxy) is 2. The number of nitrogens with zero attached hydrogens (tertiary/aromatic N) is 4. The minimum atomic E-state index is -0.378. The topological polar surface area (TPSA) is 52.4 Å². The molecule has 1 saturated heterocycles. The first-order valence-corrected chi connectivity index (χ1v) is 7.72. The summed E-state index contributed by atoms with van der Waals surface area (Å²) in [6.45, 7) is 1.95. The van der Waals surface area contributed by atoms with Crippen molar-refractivity contribution in [2.24, 2.45) is 7.05 Å². The van der Waals surface area contributed by atoms with Crippen LogP contribution in [0.25, 0.3) is 0 Å². The van der Waals surface area contributed by atoms with E-state index in [4.69, 9.17) is 9.47 Å². The van der Waals surface area contributed by atoms with E-state index < -0.39 is 0 Å². The van der Waals surface area contributed by atoms with E-state index in [-0.39, 0.29) is 18.2 Å². The molecule has 2 heterocycles. The second kappa shape index (κ2) is 6.95. The Kier molecular flexibility index (Phi) is 4.76. The van der Waals surface area contributed by atoms with Gasteiger partial charge in [-0.25, -0.2) is 4.39 Å². The molecule has 0 amide bonds. The highest BCUT2D eigenvalue weighted by Gasteiger charge is 2.23. The number of benzene rings is 1. The van der Waals surface area contributed by atoms with Gasteiger partial charge >= 0.3 is 0 Å². The molecule has 0 saturated carbocycles. The van der Waals surface area contributed by atoms with E-state index >= 15 is 0 Å². The number of para-hydroxylation sites is 1. The lowest BCUT2D eigenvalue weighted by Gasteiger charge is -2.31. The Hall–Kier alpha value is -2.15. The molecule has 0 atom stereocenters. The van der Waals surface area contributed by atoms with E-state index in [1.807, 2.05) is 11.6 Å². The fraction of sp³-hybridized carbons (Fsp3) is 0.500. The molecule has 0 bridgehead atoms. The highest BCUT2D eigenvalue weighted by atomic mass is 19.1. The number of hydrogen-bond acceptors (Lipinski definition) is 5. The Bertz CT molecular complexity index is 653. The maximum Gasteiger partial charge on any atom is 0.227 e. The van der Waals surface area contributed by atoms with Crippen LogP contribution in [0.2, 0.25) is 0 Å². The van der Waals surface area contributed by atoms with Crippen molar-refractivity contribution in [2.75, 3.05) is 25.1 Å². The lowest BCUT2D eigenvalue weighted by Crippen LogP contribution is -2.38. The number of hydrogen-bond donors (Lipinski definition) is 0. The average molecular weight is 320 g/mol. The van der Waals surface area contributed by atoms with Gasteiger partial charge in [0.2, 0.25) is 5.95 Å². The largest absolute Gasteiger partial charge is 0.483 e. The number of halogens is 1. The standard InChI is InChI=1S/C16H21FN4O2/c1-20-15(11-23-14-6-4-3-5-13(14)17)18-19-16(20)21-9-7-12(22-2)8-10-21/h3-6,12H,7-11H2,1-2H3. The Morgan fingerprint density at radius 3 is 2.65 bits per heavy atom. The molecular formula is C16H21FN4O2. The molecule has 1 fully saturated rings. The Labute approximate surface area is 134 Å². The van der Waals surface area contributed by atoms with Gasteiger partial charge in [-0.3, -0.25) is 4.57 Å². The normalized spacial score (nSPS) is 15.9. The first-order valence-electron chi connectivity index (χ1n) is 7.72. The van der Waals surface area contributed by atoms with Crippen LogP contribution in [0.15, 0.2) is 24.3 Å². The van der Waals surface area contributed by atoms with Crippen LogP contribution in [0.3, 0.4) is 0 Å². The summed E-state index contributed by atoms with van der Waals surface area (Å²) in [4.78, 5) is 2.19. The van der Waals surface area contributed by atoms with Crippen molar-refractivity contribution in [3.8, 4) is 5.75 Å². The van der Waals surface area contributed by atoms with Gasteiger partial charge < -0.3 is 14.4 Å². The highest BCUT2D eigenvalue weighted by Crippen LogP contribution is 2.21. The van der Waals surface area contributed by atoms with E-state index in [1.165, 1.54) is 6.07 Å². The van der Waals surface area contributed by atoms with Gasteiger partial charge in [0.25, 0.3) is 0 Å². The lowest BCUT2D eigenvalue weighted by molar-refractivity contribution is 0.0815. The van der Waals surface area contributed by atoms with Crippen molar-refractivity contribution < 1.29 is 13.9 Å². The molecule has 1 aliphatic heterocycles. The molecule has 23 heavy (non-hydrogen) atoms. The first kappa shape index (κ1) is 15.7. The molecule has 0 radical (unpaired) electrons. The third-order valence-corrected chi connectivity index (χ3v) is 4.19. The van der Waals surface area contributed by atoms with Crippen molar-refractivity contribution in [1.82, 2.24) is 14.8 Å². The summed E-state index contributed by atoms with van der Waals surface area (Å²) >= 11 is 0. The summed E-state index contributed by atoms with van der Waals surface area (Å²) in [6, 6.07) is 6.34. The third-order valence-electron chi connectivity index (χ3n) is 4.19. The summed E-state index contributed by atoms with van der Waals surface area (Å²) < 4.78 is 26.4. The quantitative estimate of drug-likeness (QED) is 0.845. The summed E-state index contributed by atoms with van der Waals surface area (Å²) in [5.41, 5.74) is 0. The Morgan fingerprint density at radius 2 is 1.96 bits per heavy atom. The van der Waals surface area contributed by atoms with Gasteiger partial charge in [0.15, 0.2) is 17.4 Å². The number of rotatable bonds is 5. The zero-order valence-electron chi connectivity index (χ0n) is 13.4. The molecule has 0 aliphatic carbocycles. The van der Waals surface area contributed by atoms with Gasteiger partial charge in [0.1, 0.15) is 6.61 Å². The molecule has 7 heteroatoms. The summed E-state index contributed by atoms with van der Waals surface area (Å²) in [5.74, 6) is 1.32. The van der Waals surface area contributed by atoms with Gasteiger partial charge in [-0.2, -0.15) is 0 Å². The van der Waals surface area contributed by atoms with Crippen LogP contribution in [-0.4, -0.2) is 41.1 Å². The summed E-state index contributed by atoms with van der Waals surface area (Å²) in [5, 5.41) is 8.42. The predicted molar refractivity (Wildman–Crippen MR) is 84.0 cm³/mol. The van der Waals surface area contributed by atoms with Crippen molar-refractivity contribution in [2.45, 2.75) is 25.6 Å². The van der Waals surface area contributed by atoms with E-state index in [0.29, 0.717) is 11.9 Å². The minimum Gasteiger partial charge on any atom is -0.483 e. The van der Waals surface area contributed by atoms with E-state index in [2.05, 4.69) is 15.1 Å². The first-order chi connectivity index (χ1) is 11.2. The number of methoxy groups -OCH3 is 1. The SMILES string of the molecule is COC1CCN(c2nnc(COc3ccccc3F)n2C)CC1. The van der Waals surface area contributed by atoms with Crippen molar-refractivity contribution in [1.29, 1.82) is 0 Å². The van der Waals surface area contributed by atoms with Crippen LogP contribution in [0.1, 0.15) is 18.7 Å². The van der Waals surface area contributed by atoms with Gasteiger partial charge in [0, 0.05) is 27.2 Å². The van der Waals surface area contributed by atoms with Crippen molar-refractivity contribution in [3.05, 3.63) is 35.9 Å².